The van der Waals surface area contributed by atoms with Gasteiger partial charge in [-0.3, -0.25) is 4.79 Å². The Morgan fingerprint density at radius 1 is 1.25 bits per heavy atom. The van der Waals surface area contributed by atoms with E-state index >= 15 is 0 Å². The molecule has 4 nitrogen and oxygen atoms in total. The van der Waals surface area contributed by atoms with Gasteiger partial charge in [0, 0.05) is 17.5 Å². The summed E-state index contributed by atoms with van der Waals surface area (Å²) in [4.78, 5) is 12.1. The second-order valence-corrected chi connectivity index (χ2v) is 6.34. The van der Waals surface area contributed by atoms with Gasteiger partial charge in [0.05, 0.1) is 13.2 Å². The molecule has 4 heteroatoms. The van der Waals surface area contributed by atoms with Crippen molar-refractivity contribution < 1.29 is 14.3 Å². The van der Waals surface area contributed by atoms with Gasteiger partial charge in [-0.15, -0.1) is 0 Å². The normalized spacial score (nSPS) is 18.8. The average Bonchev–Trinajstić information content (AvgIpc) is 3.23. The minimum atomic E-state index is -0.0597. The Hall–Kier alpha value is -1.71. The maximum atomic E-state index is 12.1. The lowest BCUT2D eigenvalue weighted by molar-refractivity contribution is 0.0948. The summed E-state index contributed by atoms with van der Waals surface area (Å²) in [7, 11) is 0. The molecule has 1 spiro atoms. The van der Waals surface area contributed by atoms with E-state index in [0.717, 1.165) is 12.4 Å². The van der Waals surface area contributed by atoms with Crippen LogP contribution in [-0.2, 0) is 0 Å². The molecule has 1 aliphatic carbocycles. The van der Waals surface area contributed by atoms with Gasteiger partial charge < -0.3 is 14.8 Å². The molecule has 2 aliphatic rings. The summed E-state index contributed by atoms with van der Waals surface area (Å²) >= 11 is 0. The molecule has 0 saturated heterocycles. The van der Waals surface area contributed by atoms with Crippen molar-refractivity contribution in [3.8, 4) is 11.5 Å². The molecule has 0 aromatic heterocycles. The van der Waals surface area contributed by atoms with E-state index in [9.17, 15) is 4.79 Å². The van der Waals surface area contributed by atoms with Crippen LogP contribution in [0, 0.1) is 11.3 Å². The molecule has 1 aromatic rings. The molecule has 1 amide bonds. The highest BCUT2D eigenvalue weighted by Crippen LogP contribution is 2.49. The molecular weight excluding hydrogens is 254 g/mol. The third kappa shape index (κ3) is 2.74. The van der Waals surface area contributed by atoms with Gasteiger partial charge in [0.25, 0.3) is 5.91 Å². The number of carbonyl (C=O) groups excluding carboxylic acids is 1. The lowest BCUT2D eigenvalue weighted by Crippen LogP contribution is -2.27. The Balaban J connectivity index is 1.72. The maximum Gasteiger partial charge on any atom is 0.251 e. The Labute approximate surface area is 119 Å². The molecule has 108 valence electrons. The third-order valence-corrected chi connectivity index (χ3v) is 3.90. The van der Waals surface area contributed by atoms with E-state index in [0.29, 0.717) is 30.4 Å². The fourth-order valence-electron chi connectivity index (χ4n) is 2.25. The first-order valence-electron chi connectivity index (χ1n) is 7.26. The fraction of sp³-hybridized carbons (Fsp3) is 0.562. The Kier molecular flexibility index (Phi) is 3.32. The summed E-state index contributed by atoms with van der Waals surface area (Å²) in [5, 5.41) is 2.91. The van der Waals surface area contributed by atoms with Gasteiger partial charge in [-0.05, 0) is 37.0 Å². The van der Waals surface area contributed by atoms with Crippen molar-refractivity contribution in [2.45, 2.75) is 26.7 Å². The Morgan fingerprint density at radius 2 is 1.95 bits per heavy atom. The van der Waals surface area contributed by atoms with Crippen LogP contribution in [0.25, 0.3) is 0 Å². The first kappa shape index (κ1) is 13.3. The summed E-state index contributed by atoms with van der Waals surface area (Å²) in [6.45, 7) is 6.24. The van der Waals surface area contributed by atoms with E-state index in [1.54, 1.807) is 12.1 Å². The highest BCUT2D eigenvalue weighted by Gasteiger charge is 2.46. The van der Waals surface area contributed by atoms with Crippen molar-refractivity contribution >= 4 is 5.91 Å². The summed E-state index contributed by atoms with van der Waals surface area (Å²) in [6, 6.07) is 5.41. The highest BCUT2D eigenvalue weighted by atomic mass is 16.5. The Bertz CT molecular complexity index is 520. The van der Waals surface area contributed by atoms with Gasteiger partial charge in [0.2, 0.25) is 0 Å². The smallest absolute Gasteiger partial charge is 0.251 e. The molecule has 1 aromatic carbocycles. The Morgan fingerprint density at radius 3 is 2.60 bits per heavy atom. The molecule has 1 aliphatic heterocycles. The first-order chi connectivity index (χ1) is 9.58. The molecule has 1 saturated carbocycles. The van der Waals surface area contributed by atoms with E-state index in [-0.39, 0.29) is 11.3 Å². The summed E-state index contributed by atoms with van der Waals surface area (Å²) in [5.41, 5.74) is 0.846. The number of hydrogen-bond donors (Lipinski definition) is 1. The zero-order chi connectivity index (χ0) is 14.2. The van der Waals surface area contributed by atoms with E-state index in [2.05, 4.69) is 19.2 Å². The van der Waals surface area contributed by atoms with Crippen molar-refractivity contribution in [2.75, 3.05) is 19.8 Å². The fourth-order valence-corrected chi connectivity index (χ4v) is 2.25. The zero-order valence-corrected chi connectivity index (χ0v) is 12.1. The first-order valence-corrected chi connectivity index (χ1v) is 7.26. The number of amides is 1. The van der Waals surface area contributed by atoms with Crippen molar-refractivity contribution in [3.05, 3.63) is 23.8 Å². The number of fused-ring (bicyclic) bond motifs is 1. The molecule has 0 unspecified atom stereocenters. The summed E-state index contributed by atoms with van der Waals surface area (Å²) < 4.78 is 11.6. The number of benzene rings is 1. The molecule has 0 bridgehead atoms. The number of nitrogens with one attached hydrogen (secondary N) is 1. The van der Waals surface area contributed by atoms with Crippen molar-refractivity contribution in [3.63, 3.8) is 0 Å². The number of carbonyl (C=O) groups is 1. The quantitative estimate of drug-likeness (QED) is 0.922. The molecule has 3 rings (SSSR count). The standard InChI is InChI=1S/C16H21NO3/c1-11(2)8-17-15(18)12-3-4-13-14(7-12)20-10-16(5-6-16)9-19-13/h3-4,7,11H,5-6,8-10H2,1-2H3,(H,17,18). The van der Waals surface area contributed by atoms with Crippen molar-refractivity contribution in [1.29, 1.82) is 0 Å². The largest absolute Gasteiger partial charge is 0.489 e. The van der Waals surface area contributed by atoms with Gasteiger partial charge in [-0.1, -0.05) is 13.8 Å². The van der Waals surface area contributed by atoms with Crippen LogP contribution in [0.2, 0.25) is 0 Å². The topological polar surface area (TPSA) is 47.6 Å². The van der Waals surface area contributed by atoms with Crippen LogP contribution in [0.5, 0.6) is 11.5 Å². The molecule has 1 fully saturated rings. The van der Waals surface area contributed by atoms with Gasteiger partial charge in [-0.25, -0.2) is 0 Å². The third-order valence-electron chi connectivity index (χ3n) is 3.90. The minimum absolute atomic E-state index is 0.0597. The van der Waals surface area contributed by atoms with Gasteiger partial charge in [0.1, 0.15) is 0 Å². The van der Waals surface area contributed by atoms with E-state index < -0.39 is 0 Å². The number of ether oxygens (including phenoxy) is 2. The van der Waals surface area contributed by atoms with Gasteiger partial charge >= 0.3 is 0 Å². The summed E-state index contributed by atoms with van der Waals surface area (Å²) in [6.07, 6.45) is 2.34. The molecule has 0 atom stereocenters. The predicted octanol–water partition coefficient (Wildman–Crippen LogP) is 2.62. The molecular formula is C16H21NO3. The predicted molar refractivity (Wildman–Crippen MR) is 76.3 cm³/mol. The lowest BCUT2D eigenvalue weighted by Gasteiger charge is -2.10. The van der Waals surface area contributed by atoms with Crippen LogP contribution in [-0.4, -0.2) is 25.7 Å². The van der Waals surface area contributed by atoms with Crippen LogP contribution in [0.3, 0.4) is 0 Å². The van der Waals surface area contributed by atoms with E-state index in [1.165, 1.54) is 12.8 Å². The zero-order valence-electron chi connectivity index (χ0n) is 12.1. The monoisotopic (exact) mass is 275 g/mol. The minimum Gasteiger partial charge on any atom is -0.489 e. The molecule has 20 heavy (non-hydrogen) atoms. The lowest BCUT2D eigenvalue weighted by atomic mass is 10.1. The van der Waals surface area contributed by atoms with Crippen LogP contribution in [0.15, 0.2) is 18.2 Å². The van der Waals surface area contributed by atoms with E-state index in [1.807, 2.05) is 6.07 Å². The van der Waals surface area contributed by atoms with E-state index in [4.69, 9.17) is 9.47 Å². The number of rotatable bonds is 3. The van der Waals surface area contributed by atoms with Crippen LogP contribution in [0.4, 0.5) is 0 Å². The van der Waals surface area contributed by atoms with Crippen LogP contribution < -0.4 is 14.8 Å². The molecule has 0 radical (unpaired) electrons. The number of hydrogen-bond acceptors (Lipinski definition) is 3. The van der Waals surface area contributed by atoms with Crippen LogP contribution >= 0.6 is 0 Å². The second kappa shape index (κ2) is 5.00. The van der Waals surface area contributed by atoms with Crippen molar-refractivity contribution in [2.24, 2.45) is 11.3 Å². The van der Waals surface area contributed by atoms with Crippen molar-refractivity contribution in [1.82, 2.24) is 5.32 Å². The highest BCUT2D eigenvalue weighted by molar-refractivity contribution is 5.94. The van der Waals surface area contributed by atoms with Crippen LogP contribution in [0.1, 0.15) is 37.0 Å². The molecule has 1 N–H and O–H groups in total. The maximum absolute atomic E-state index is 12.1. The average molecular weight is 275 g/mol. The van der Waals surface area contributed by atoms with Gasteiger partial charge in [-0.2, -0.15) is 0 Å². The second-order valence-electron chi connectivity index (χ2n) is 6.34. The van der Waals surface area contributed by atoms with Gasteiger partial charge in [0.15, 0.2) is 11.5 Å². The summed E-state index contributed by atoms with van der Waals surface area (Å²) in [5.74, 6) is 1.81. The SMILES string of the molecule is CC(C)CNC(=O)c1ccc2c(c1)OCC1(CC1)CO2. The molecule has 1 heterocycles.